The third-order valence-corrected chi connectivity index (χ3v) is 4.52. The number of rotatable bonds is 4. The molecule has 0 aliphatic carbocycles. The largest absolute Gasteiger partial charge is 0.495 e. The number of nitrogens with zero attached hydrogens (tertiary/aromatic N) is 4. The lowest BCUT2D eigenvalue weighted by Crippen LogP contribution is -2.36. The minimum atomic E-state index is 0.681. The van der Waals surface area contributed by atoms with Crippen molar-refractivity contribution >= 4 is 38.8 Å². The number of hydrogen-bond acceptors (Lipinski definition) is 6. The van der Waals surface area contributed by atoms with E-state index in [2.05, 4.69) is 42.2 Å². The molecule has 3 heterocycles. The fourth-order valence-electron chi connectivity index (χ4n) is 2.94. The van der Waals surface area contributed by atoms with Gasteiger partial charge >= 0.3 is 0 Å². The average molecular weight is 434 g/mol. The molecule has 8 heteroatoms. The summed E-state index contributed by atoms with van der Waals surface area (Å²) in [5.74, 6) is 1.50. The molecule has 0 amide bonds. The maximum Gasteiger partial charge on any atom is 0.180 e. The van der Waals surface area contributed by atoms with Crippen molar-refractivity contribution in [2.24, 2.45) is 0 Å². The topological polar surface area (TPSA) is 63.9 Å². The number of aromatic nitrogens is 3. The van der Waals surface area contributed by atoms with Crippen LogP contribution in [0.1, 0.15) is 13.8 Å². The molecule has 1 fully saturated rings. The van der Waals surface area contributed by atoms with Gasteiger partial charge in [-0.25, -0.2) is 9.97 Å². The van der Waals surface area contributed by atoms with Gasteiger partial charge in [0, 0.05) is 43.4 Å². The van der Waals surface area contributed by atoms with Gasteiger partial charge in [0.2, 0.25) is 0 Å². The number of nitrogens with one attached hydrogen (secondary N) is 1. The van der Waals surface area contributed by atoms with Crippen LogP contribution in [0.15, 0.2) is 41.4 Å². The molecule has 1 aliphatic rings. The molecule has 2 aromatic heterocycles. The smallest absolute Gasteiger partial charge is 0.180 e. The Hall–Kier alpha value is -2.32. The monoisotopic (exact) mass is 433 g/mol. The molecule has 144 valence electrons. The van der Waals surface area contributed by atoms with Crippen LogP contribution in [0, 0.1) is 0 Å². The summed E-state index contributed by atoms with van der Waals surface area (Å²) in [4.78, 5) is 11.1. The van der Waals surface area contributed by atoms with Crippen LogP contribution >= 0.6 is 15.9 Å². The Kier molecular flexibility index (Phi) is 6.52. The Labute approximate surface area is 167 Å². The van der Waals surface area contributed by atoms with Gasteiger partial charge in [0.05, 0.1) is 26.0 Å². The fraction of sp³-hybridized carbons (Fsp3) is 0.368. The standard InChI is InChI=1S/C17H18BrN5O2.C2H6/c1-24-14-10-12(2-3-13(14)22-6-8-25-9-7-22)20-16-17-19-4-5-23(17)11-15(18)21-16;1-2/h2-5,10-11H,6-9H2,1H3,(H,20,21);1-2H3. The zero-order valence-electron chi connectivity index (χ0n) is 15.8. The molecule has 0 bridgehead atoms. The van der Waals surface area contributed by atoms with E-state index >= 15 is 0 Å². The highest BCUT2D eigenvalue weighted by molar-refractivity contribution is 9.10. The minimum absolute atomic E-state index is 0.681. The maximum absolute atomic E-state index is 5.60. The number of halogens is 1. The van der Waals surface area contributed by atoms with E-state index in [1.54, 1.807) is 13.3 Å². The van der Waals surface area contributed by atoms with E-state index in [1.807, 2.05) is 42.8 Å². The Balaban J connectivity index is 0.00000102. The van der Waals surface area contributed by atoms with E-state index in [9.17, 15) is 0 Å². The van der Waals surface area contributed by atoms with E-state index < -0.39 is 0 Å². The van der Waals surface area contributed by atoms with E-state index in [4.69, 9.17) is 9.47 Å². The molecule has 1 saturated heterocycles. The summed E-state index contributed by atoms with van der Waals surface area (Å²) in [7, 11) is 1.69. The number of morpholine rings is 1. The molecule has 27 heavy (non-hydrogen) atoms. The molecular formula is C19H24BrN5O2. The van der Waals surface area contributed by atoms with Gasteiger partial charge in [0.15, 0.2) is 11.5 Å². The second-order valence-electron chi connectivity index (χ2n) is 5.68. The predicted octanol–water partition coefficient (Wildman–Crippen LogP) is 4.11. The third kappa shape index (κ3) is 4.33. The Morgan fingerprint density at radius 1 is 1.22 bits per heavy atom. The molecule has 1 aliphatic heterocycles. The van der Waals surface area contributed by atoms with Crippen LogP contribution in [0.2, 0.25) is 0 Å². The van der Waals surface area contributed by atoms with Gasteiger partial charge in [-0.2, -0.15) is 0 Å². The molecule has 0 radical (unpaired) electrons. The van der Waals surface area contributed by atoms with Crippen molar-refractivity contribution in [2.45, 2.75) is 13.8 Å². The van der Waals surface area contributed by atoms with Gasteiger partial charge in [0.1, 0.15) is 10.4 Å². The normalized spacial score (nSPS) is 13.9. The van der Waals surface area contributed by atoms with Crippen molar-refractivity contribution in [1.29, 1.82) is 0 Å². The Morgan fingerprint density at radius 3 is 2.74 bits per heavy atom. The Morgan fingerprint density at radius 2 is 2.00 bits per heavy atom. The number of ether oxygens (including phenoxy) is 2. The van der Waals surface area contributed by atoms with Gasteiger partial charge in [-0.15, -0.1) is 0 Å². The molecule has 4 rings (SSSR count). The van der Waals surface area contributed by atoms with E-state index in [-0.39, 0.29) is 0 Å². The van der Waals surface area contributed by atoms with Crippen LogP contribution in [-0.4, -0.2) is 47.8 Å². The fourth-order valence-corrected chi connectivity index (χ4v) is 3.34. The molecule has 0 unspecified atom stereocenters. The predicted molar refractivity (Wildman–Crippen MR) is 111 cm³/mol. The zero-order valence-corrected chi connectivity index (χ0v) is 17.4. The number of anilines is 3. The number of imidazole rings is 1. The van der Waals surface area contributed by atoms with Crippen molar-refractivity contribution < 1.29 is 9.47 Å². The van der Waals surface area contributed by atoms with Gasteiger partial charge in [-0.3, -0.25) is 0 Å². The quantitative estimate of drug-likeness (QED) is 0.667. The average Bonchev–Trinajstić information content (AvgIpc) is 3.18. The van der Waals surface area contributed by atoms with Crippen LogP contribution in [-0.2, 0) is 4.74 Å². The first-order chi connectivity index (χ1) is 13.2. The highest BCUT2D eigenvalue weighted by Gasteiger charge is 2.16. The van der Waals surface area contributed by atoms with E-state index in [0.29, 0.717) is 5.82 Å². The van der Waals surface area contributed by atoms with Crippen molar-refractivity contribution in [3.63, 3.8) is 0 Å². The summed E-state index contributed by atoms with van der Waals surface area (Å²) in [5.41, 5.74) is 2.73. The first-order valence-corrected chi connectivity index (χ1v) is 9.81. The molecule has 0 spiro atoms. The van der Waals surface area contributed by atoms with Crippen LogP contribution in [0.25, 0.3) is 5.65 Å². The third-order valence-electron chi connectivity index (χ3n) is 4.14. The number of methoxy groups -OCH3 is 1. The van der Waals surface area contributed by atoms with Crippen molar-refractivity contribution in [1.82, 2.24) is 14.4 Å². The first kappa shape index (κ1) is 19.4. The minimum Gasteiger partial charge on any atom is -0.495 e. The van der Waals surface area contributed by atoms with Gasteiger partial charge in [0.25, 0.3) is 0 Å². The lowest BCUT2D eigenvalue weighted by Gasteiger charge is -2.30. The maximum atomic E-state index is 5.60. The molecule has 0 saturated carbocycles. The summed E-state index contributed by atoms with van der Waals surface area (Å²) in [6.07, 6.45) is 5.50. The van der Waals surface area contributed by atoms with Gasteiger partial charge < -0.3 is 24.1 Å². The number of benzene rings is 1. The first-order valence-electron chi connectivity index (χ1n) is 9.01. The van der Waals surface area contributed by atoms with Crippen molar-refractivity contribution in [3.8, 4) is 5.75 Å². The van der Waals surface area contributed by atoms with E-state index in [0.717, 1.165) is 53.7 Å². The number of hydrogen-bond donors (Lipinski definition) is 1. The molecule has 1 N–H and O–H groups in total. The second-order valence-corrected chi connectivity index (χ2v) is 6.49. The van der Waals surface area contributed by atoms with Gasteiger partial charge in [-0.05, 0) is 28.1 Å². The highest BCUT2D eigenvalue weighted by Crippen LogP contribution is 2.33. The lowest BCUT2D eigenvalue weighted by atomic mass is 10.2. The summed E-state index contributed by atoms with van der Waals surface area (Å²) in [6.45, 7) is 7.21. The summed E-state index contributed by atoms with van der Waals surface area (Å²) in [5, 5.41) is 3.33. The number of fused-ring (bicyclic) bond motifs is 1. The van der Waals surface area contributed by atoms with Crippen LogP contribution in [0.4, 0.5) is 17.2 Å². The van der Waals surface area contributed by atoms with Gasteiger partial charge in [-0.1, -0.05) is 13.8 Å². The van der Waals surface area contributed by atoms with Crippen molar-refractivity contribution in [2.75, 3.05) is 43.6 Å². The summed E-state index contributed by atoms with van der Waals surface area (Å²) in [6, 6.07) is 6.06. The van der Waals surface area contributed by atoms with Crippen molar-refractivity contribution in [3.05, 3.63) is 41.4 Å². The molecular weight excluding hydrogens is 410 g/mol. The van der Waals surface area contributed by atoms with E-state index in [1.165, 1.54) is 0 Å². The molecule has 0 atom stereocenters. The van der Waals surface area contributed by atoms with Crippen LogP contribution in [0.5, 0.6) is 5.75 Å². The van der Waals surface area contributed by atoms with Crippen LogP contribution in [0.3, 0.4) is 0 Å². The molecule has 1 aromatic carbocycles. The lowest BCUT2D eigenvalue weighted by molar-refractivity contribution is 0.122. The Bertz CT molecular complexity index is 893. The SMILES string of the molecule is CC.COc1cc(Nc2nc(Br)cn3ccnc23)ccc1N1CCOCC1. The van der Waals surface area contributed by atoms with Crippen LogP contribution < -0.4 is 15.0 Å². The zero-order chi connectivity index (χ0) is 19.2. The molecule has 7 nitrogen and oxygen atoms in total. The highest BCUT2D eigenvalue weighted by atomic mass is 79.9. The summed E-state index contributed by atoms with van der Waals surface area (Å²) < 4.78 is 13.7. The second kappa shape index (κ2) is 9.05. The summed E-state index contributed by atoms with van der Waals surface area (Å²) >= 11 is 3.43. The molecule has 3 aromatic rings.